The van der Waals surface area contributed by atoms with E-state index in [9.17, 15) is 0 Å². The summed E-state index contributed by atoms with van der Waals surface area (Å²) >= 11 is 5.26. The molecule has 1 atom stereocenters. The molecule has 0 aromatic carbocycles. The molecule has 0 radical (unpaired) electrons. The maximum atomic E-state index is 5.17. The highest BCUT2D eigenvalue weighted by molar-refractivity contribution is 9.11. The molecule has 0 aliphatic heterocycles. The molecule has 0 saturated heterocycles. The van der Waals surface area contributed by atoms with Crippen molar-refractivity contribution in [1.29, 1.82) is 0 Å². The summed E-state index contributed by atoms with van der Waals surface area (Å²) in [4.78, 5) is 1.32. The third kappa shape index (κ3) is 2.84. The molecule has 1 nitrogen and oxygen atoms in total. The summed E-state index contributed by atoms with van der Waals surface area (Å²) in [5.74, 6) is 2.57. The molecular weight excluding hydrogens is 246 g/mol. The zero-order valence-electron chi connectivity index (χ0n) is 7.73. The maximum absolute atomic E-state index is 5.17. The quantitative estimate of drug-likeness (QED) is 0.821. The Morgan fingerprint density at radius 3 is 2.92 bits per heavy atom. The van der Waals surface area contributed by atoms with E-state index < -0.39 is 0 Å². The van der Waals surface area contributed by atoms with Crippen molar-refractivity contribution in [2.45, 2.75) is 19.9 Å². The van der Waals surface area contributed by atoms with E-state index >= 15 is 0 Å². The first-order valence-corrected chi connectivity index (χ1v) is 5.68. The van der Waals surface area contributed by atoms with Crippen molar-refractivity contribution < 1.29 is 0 Å². The Kier molecular flexibility index (Phi) is 3.98. The molecule has 1 rings (SSSR count). The molecule has 3 heteroatoms. The van der Waals surface area contributed by atoms with Gasteiger partial charge in [-0.1, -0.05) is 5.92 Å². The lowest BCUT2D eigenvalue weighted by molar-refractivity contribution is 0.633. The molecule has 0 spiro atoms. The molecule has 0 fully saturated rings. The number of halogens is 1. The van der Waals surface area contributed by atoms with E-state index in [2.05, 4.69) is 47.1 Å². The van der Waals surface area contributed by atoms with Gasteiger partial charge in [-0.15, -0.1) is 17.8 Å². The third-order valence-corrected chi connectivity index (χ3v) is 4.13. The van der Waals surface area contributed by atoms with Gasteiger partial charge in [0.2, 0.25) is 0 Å². The minimum absolute atomic E-state index is 0.339. The number of terminal acetylenes is 1. The van der Waals surface area contributed by atoms with Crippen LogP contribution in [0.15, 0.2) is 9.85 Å². The van der Waals surface area contributed by atoms with Crippen LogP contribution in [-0.4, -0.2) is 6.54 Å². The molecule has 1 aromatic rings. The highest BCUT2D eigenvalue weighted by atomic mass is 79.9. The van der Waals surface area contributed by atoms with Gasteiger partial charge in [0.25, 0.3) is 0 Å². The first-order chi connectivity index (χ1) is 6.15. The average Bonchev–Trinajstić information content (AvgIpc) is 2.43. The summed E-state index contributed by atoms with van der Waals surface area (Å²) in [6.45, 7) is 4.84. The van der Waals surface area contributed by atoms with Crippen molar-refractivity contribution in [2.75, 3.05) is 6.54 Å². The highest BCUT2D eigenvalue weighted by Gasteiger charge is 2.08. The Morgan fingerprint density at radius 2 is 2.46 bits per heavy atom. The molecule has 1 N–H and O–H groups in total. The van der Waals surface area contributed by atoms with Crippen LogP contribution in [0.1, 0.15) is 23.4 Å². The molecule has 1 unspecified atom stereocenters. The van der Waals surface area contributed by atoms with E-state index in [0.717, 1.165) is 0 Å². The van der Waals surface area contributed by atoms with Gasteiger partial charge in [0, 0.05) is 10.9 Å². The van der Waals surface area contributed by atoms with Gasteiger partial charge in [0.15, 0.2) is 0 Å². The van der Waals surface area contributed by atoms with Gasteiger partial charge in [0.05, 0.1) is 10.3 Å². The number of rotatable bonds is 3. The van der Waals surface area contributed by atoms with Crippen LogP contribution in [0.25, 0.3) is 0 Å². The first-order valence-electron chi connectivity index (χ1n) is 4.08. The summed E-state index contributed by atoms with van der Waals surface area (Å²) in [7, 11) is 0. The van der Waals surface area contributed by atoms with Crippen LogP contribution >= 0.6 is 27.3 Å². The van der Waals surface area contributed by atoms with Crippen LogP contribution in [0.5, 0.6) is 0 Å². The van der Waals surface area contributed by atoms with Crippen molar-refractivity contribution in [1.82, 2.24) is 5.32 Å². The molecule has 0 saturated carbocycles. The fourth-order valence-corrected chi connectivity index (χ4v) is 2.61. The topological polar surface area (TPSA) is 12.0 Å². The van der Waals surface area contributed by atoms with E-state index in [4.69, 9.17) is 6.42 Å². The number of hydrogen-bond donors (Lipinski definition) is 1. The lowest BCUT2D eigenvalue weighted by Crippen LogP contribution is -2.17. The van der Waals surface area contributed by atoms with Gasteiger partial charge in [-0.3, -0.25) is 5.32 Å². The molecule has 0 bridgehead atoms. The SMILES string of the molecule is C#CCNC(C)c1cc(C)c(Br)s1. The number of aryl methyl sites for hydroxylation is 1. The van der Waals surface area contributed by atoms with Crippen molar-refractivity contribution >= 4 is 27.3 Å². The minimum Gasteiger partial charge on any atom is -0.299 e. The normalized spacial score (nSPS) is 12.5. The number of nitrogens with one attached hydrogen (secondary N) is 1. The molecule has 0 amide bonds. The lowest BCUT2D eigenvalue weighted by atomic mass is 10.2. The van der Waals surface area contributed by atoms with Crippen LogP contribution in [0, 0.1) is 19.3 Å². The molecule has 0 aliphatic carbocycles. The lowest BCUT2D eigenvalue weighted by Gasteiger charge is -2.08. The Balaban J connectivity index is 2.67. The van der Waals surface area contributed by atoms with E-state index in [-0.39, 0.29) is 0 Å². The van der Waals surface area contributed by atoms with E-state index in [0.29, 0.717) is 12.6 Å². The Morgan fingerprint density at radius 1 is 1.77 bits per heavy atom. The van der Waals surface area contributed by atoms with E-state index in [1.807, 2.05) is 0 Å². The zero-order valence-corrected chi connectivity index (χ0v) is 10.1. The standard InChI is InChI=1S/C10H12BrNS/c1-4-5-12-8(3)9-6-7(2)10(11)13-9/h1,6,8,12H,5H2,2-3H3. The summed E-state index contributed by atoms with van der Waals surface area (Å²) in [5, 5.41) is 3.24. The van der Waals surface area contributed by atoms with Crippen molar-refractivity contribution in [3.8, 4) is 12.3 Å². The van der Waals surface area contributed by atoms with Gasteiger partial charge in [-0.2, -0.15) is 0 Å². The second kappa shape index (κ2) is 4.80. The molecule has 13 heavy (non-hydrogen) atoms. The predicted molar refractivity (Wildman–Crippen MR) is 62.0 cm³/mol. The summed E-state index contributed by atoms with van der Waals surface area (Å²) < 4.78 is 1.21. The predicted octanol–water partition coefficient (Wildman–Crippen LogP) is 3.10. The van der Waals surface area contributed by atoms with Crippen LogP contribution in [0.2, 0.25) is 0 Å². The summed E-state index contributed by atoms with van der Waals surface area (Å²) in [5.41, 5.74) is 1.29. The van der Waals surface area contributed by atoms with Crippen molar-refractivity contribution in [3.63, 3.8) is 0 Å². The zero-order chi connectivity index (χ0) is 9.84. The van der Waals surface area contributed by atoms with E-state index in [1.54, 1.807) is 11.3 Å². The Bertz CT molecular complexity index is 305. The van der Waals surface area contributed by atoms with Gasteiger partial charge in [0.1, 0.15) is 0 Å². The van der Waals surface area contributed by atoms with Crippen LogP contribution in [0.4, 0.5) is 0 Å². The van der Waals surface area contributed by atoms with Crippen LogP contribution < -0.4 is 5.32 Å². The van der Waals surface area contributed by atoms with Crippen LogP contribution in [-0.2, 0) is 0 Å². The Hall–Kier alpha value is -0.300. The Labute approximate surface area is 91.7 Å². The number of hydrogen-bond acceptors (Lipinski definition) is 2. The fraction of sp³-hybridized carbons (Fsp3) is 0.400. The van der Waals surface area contributed by atoms with Gasteiger partial charge < -0.3 is 0 Å². The third-order valence-electron chi connectivity index (χ3n) is 1.81. The molecular formula is C10H12BrNS. The first kappa shape index (κ1) is 10.8. The van der Waals surface area contributed by atoms with Crippen LogP contribution in [0.3, 0.4) is 0 Å². The fourth-order valence-electron chi connectivity index (χ4n) is 1.01. The molecule has 1 aromatic heterocycles. The summed E-state index contributed by atoms with van der Waals surface area (Å²) in [6, 6.07) is 2.52. The molecule has 70 valence electrons. The second-order valence-electron chi connectivity index (χ2n) is 2.91. The smallest absolute Gasteiger partial charge is 0.0731 e. The maximum Gasteiger partial charge on any atom is 0.0731 e. The van der Waals surface area contributed by atoms with Crippen molar-refractivity contribution in [2.24, 2.45) is 0 Å². The monoisotopic (exact) mass is 257 g/mol. The van der Waals surface area contributed by atoms with Gasteiger partial charge in [-0.05, 0) is 41.4 Å². The largest absolute Gasteiger partial charge is 0.299 e. The summed E-state index contributed by atoms with van der Waals surface area (Å²) in [6.07, 6.45) is 5.17. The average molecular weight is 258 g/mol. The van der Waals surface area contributed by atoms with Gasteiger partial charge >= 0.3 is 0 Å². The second-order valence-corrected chi connectivity index (χ2v) is 5.31. The van der Waals surface area contributed by atoms with E-state index in [1.165, 1.54) is 14.2 Å². The molecule has 1 heterocycles. The highest BCUT2D eigenvalue weighted by Crippen LogP contribution is 2.30. The van der Waals surface area contributed by atoms with Gasteiger partial charge in [-0.25, -0.2) is 0 Å². The minimum atomic E-state index is 0.339. The number of thiophene rings is 1. The van der Waals surface area contributed by atoms with Crippen molar-refractivity contribution in [3.05, 3.63) is 20.3 Å². The molecule has 0 aliphatic rings.